The molecule has 1 fully saturated rings. The molecule has 2 nitrogen and oxygen atoms in total. The Morgan fingerprint density at radius 3 is 1.85 bits per heavy atom. The number of nitrogens with zero attached hydrogens (tertiary/aromatic N) is 1. The molecule has 1 heterocycles. The van der Waals surface area contributed by atoms with Gasteiger partial charge in [-0.1, -0.05) is 91.0 Å². The van der Waals surface area contributed by atoms with Crippen LogP contribution >= 0.6 is 0 Å². The van der Waals surface area contributed by atoms with E-state index in [1.54, 1.807) is 0 Å². The zero-order valence-electron chi connectivity index (χ0n) is 15.7. The molecule has 27 heavy (non-hydrogen) atoms. The van der Waals surface area contributed by atoms with Crippen molar-refractivity contribution in [2.75, 3.05) is 19.6 Å². The van der Waals surface area contributed by atoms with Gasteiger partial charge >= 0.3 is 0 Å². The molecule has 3 aromatic rings. The minimum absolute atomic E-state index is 0.193. The maximum Gasteiger partial charge on any atom is 0.119 e. The lowest BCUT2D eigenvalue weighted by Gasteiger charge is -2.35. The van der Waals surface area contributed by atoms with E-state index in [1.807, 2.05) is 36.4 Å². The van der Waals surface area contributed by atoms with Crippen LogP contribution in [0.4, 0.5) is 0 Å². The van der Waals surface area contributed by atoms with Crippen molar-refractivity contribution >= 4 is 0 Å². The van der Waals surface area contributed by atoms with Crippen molar-refractivity contribution in [1.82, 2.24) is 4.90 Å². The first-order valence-electron chi connectivity index (χ1n) is 9.86. The standard InChI is InChI=1S/C25H27NO/c27-25(22-12-6-2-7-13-22,23-14-8-3-9-15-23)24-17-19-26(20-24)18-16-21-10-4-1-5-11-21/h1-15,24,27H,16-20H2/t24-/m0/s1. The largest absolute Gasteiger partial charge is 0.380 e. The lowest BCUT2D eigenvalue weighted by atomic mass is 9.75. The number of benzene rings is 3. The van der Waals surface area contributed by atoms with E-state index in [0.29, 0.717) is 0 Å². The number of hydrogen-bond donors (Lipinski definition) is 1. The number of hydrogen-bond acceptors (Lipinski definition) is 2. The van der Waals surface area contributed by atoms with Gasteiger partial charge in [-0.15, -0.1) is 0 Å². The molecule has 3 aromatic carbocycles. The Morgan fingerprint density at radius 2 is 1.30 bits per heavy atom. The zero-order chi connectivity index (χ0) is 18.5. The van der Waals surface area contributed by atoms with Crippen LogP contribution in [0.25, 0.3) is 0 Å². The van der Waals surface area contributed by atoms with E-state index in [-0.39, 0.29) is 5.92 Å². The molecule has 0 aromatic heterocycles. The van der Waals surface area contributed by atoms with Gasteiger partial charge in [0.2, 0.25) is 0 Å². The summed E-state index contributed by atoms with van der Waals surface area (Å²) in [5.41, 5.74) is 2.42. The van der Waals surface area contributed by atoms with Crippen LogP contribution in [0, 0.1) is 5.92 Å². The van der Waals surface area contributed by atoms with Crippen molar-refractivity contribution in [1.29, 1.82) is 0 Å². The topological polar surface area (TPSA) is 23.5 Å². The average Bonchev–Trinajstić information content (AvgIpc) is 3.23. The third-order valence-corrected chi connectivity index (χ3v) is 5.85. The molecule has 1 atom stereocenters. The SMILES string of the molecule is OC(c1ccccc1)(c1ccccc1)[C@H]1CCN(CCc2ccccc2)C1. The Bertz CT molecular complexity index is 792. The van der Waals surface area contributed by atoms with Crippen molar-refractivity contribution in [3.8, 4) is 0 Å². The van der Waals surface area contributed by atoms with Gasteiger partial charge in [-0.3, -0.25) is 0 Å². The second kappa shape index (κ2) is 8.08. The summed E-state index contributed by atoms with van der Waals surface area (Å²) in [4.78, 5) is 2.49. The van der Waals surface area contributed by atoms with Crippen molar-refractivity contribution in [2.45, 2.75) is 18.4 Å². The van der Waals surface area contributed by atoms with Crippen LogP contribution in [-0.2, 0) is 12.0 Å². The van der Waals surface area contributed by atoms with E-state index in [1.165, 1.54) is 5.56 Å². The fourth-order valence-electron chi connectivity index (χ4n) is 4.33. The predicted octanol–water partition coefficient (Wildman–Crippen LogP) is 4.49. The summed E-state index contributed by atoms with van der Waals surface area (Å²) in [6.07, 6.45) is 2.07. The van der Waals surface area contributed by atoms with E-state index >= 15 is 0 Å². The van der Waals surface area contributed by atoms with Crippen LogP contribution < -0.4 is 0 Å². The van der Waals surface area contributed by atoms with Crippen molar-refractivity contribution < 1.29 is 5.11 Å². The summed E-state index contributed by atoms with van der Waals surface area (Å²) >= 11 is 0. The van der Waals surface area contributed by atoms with E-state index in [2.05, 4.69) is 59.5 Å². The predicted molar refractivity (Wildman–Crippen MR) is 111 cm³/mol. The van der Waals surface area contributed by atoms with Crippen molar-refractivity contribution in [3.05, 3.63) is 108 Å². The maximum atomic E-state index is 11.9. The minimum Gasteiger partial charge on any atom is -0.380 e. The monoisotopic (exact) mass is 357 g/mol. The molecule has 0 amide bonds. The third-order valence-electron chi connectivity index (χ3n) is 5.85. The van der Waals surface area contributed by atoms with Gasteiger partial charge in [-0.2, -0.15) is 0 Å². The summed E-state index contributed by atoms with van der Waals surface area (Å²) in [7, 11) is 0. The van der Waals surface area contributed by atoms with Gasteiger partial charge < -0.3 is 10.0 Å². The van der Waals surface area contributed by atoms with Crippen LogP contribution in [0.1, 0.15) is 23.1 Å². The molecule has 138 valence electrons. The highest BCUT2D eigenvalue weighted by molar-refractivity contribution is 5.37. The molecule has 0 aliphatic carbocycles. The third kappa shape index (κ3) is 3.83. The summed E-state index contributed by atoms with van der Waals surface area (Å²) in [5.74, 6) is 0.193. The first-order valence-corrected chi connectivity index (χ1v) is 9.86. The van der Waals surface area contributed by atoms with Crippen LogP contribution in [0.2, 0.25) is 0 Å². The Labute approximate surface area is 162 Å². The van der Waals surface area contributed by atoms with E-state index in [4.69, 9.17) is 0 Å². The fourth-order valence-corrected chi connectivity index (χ4v) is 4.33. The zero-order valence-corrected chi connectivity index (χ0v) is 15.7. The lowest BCUT2D eigenvalue weighted by Crippen LogP contribution is -2.38. The Kier molecular flexibility index (Phi) is 5.38. The first-order chi connectivity index (χ1) is 13.3. The summed E-state index contributed by atoms with van der Waals surface area (Å²) in [5, 5.41) is 11.9. The smallest absolute Gasteiger partial charge is 0.119 e. The van der Waals surface area contributed by atoms with E-state index in [0.717, 1.165) is 43.6 Å². The quantitative estimate of drug-likeness (QED) is 0.703. The van der Waals surface area contributed by atoms with Crippen LogP contribution in [0.3, 0.4) is 0 Å². The molecule has 1 aliphatic rings. The molecule has 0 bridgehead atoms. The van der Waals surface area contributed by atoms with Crippen LogP contribution in [0.5, 0.6) is 0 Å². The summed E-state index contributed by atoms with van der Waals surface area (Å²) in [6.45, 7) is 3.01. The first kappa shape index (κ1) is 18.0. The number of aliphatic hydroxyl groups is 1. The van der Waals surface area contributed by atoms with Crippen molar-refractivity contribution in [2.24, 2.45) is 5.92 Å². The molecule has 1 aliphatic heterocycles. The maximum absolute atomic E-state index is 11.9. The molecule has 1 N–H and O–H groups in total. The molecule has 2 heteroatoms. The average molecular weight is 357 g/mol. The summed E-state index contributed by atoms with van der Waals surface area (Å²) < 4.78 is 0. The van der Waals surface area contributed by atoms with Crippen LogP contribution in [-0.4, -0.2) is 29.6 Å². The molecular formula is C25H27NO. The van der Waals surface area contributed by atoms with Gasteiger partial charge in [0.15, 0.2) is 0 Å². The van der Waals surface area contributed by atoms with Crippen LogP contribution in [0.15, 0.2) is 91.0 Å². The highest BCUT2D eigenvalue weighted by Crippen LogP contribution is 2.41. The number of likely N-dealkylation sites (tertiary alicyclic amines) is 1. The van der Waals surface area contributed by atoms with Crippen molar-refractivity contribution in [3.63, 3.8) is 0 Å². The van der Waals surface area contributed by atoms with Gasteiger partial charge in [0.1, 0.15) is 5.60 Å². The second-order valence-electron chi connectivity index (χ2n) is 7.52. The Balaban J connectivity index is 1.53. The van der Waals surface area contributed by atoms with Gasteiger partial charge in [0.05, 0.1) is 0 Å². The highest BCUT2D eigenvalue weighted by Gasteiger charge is 2.43. The molecule has 1 saturated heterocycles. The molecule has 0 unspecified atom stereocenters. The van der Waals surface area contributed by atoms with E-state index < -0.39 is 5.60 Å². The minimum atomic E-state index is -0.940. The van der Waals surface area contributed by atoms with E-state index in [9.17, 15) is 5.11 Å². The van der Waals surface area contributed by atoms with Gasteiger partial charge in [0.25, 0.3) is 0 Å². The highest BCUT2D eigenvalue weighted by atomic mass is 16.3. The van der Waals surface area contributed by atoms with Gasteiger partial charge in [0, 0.05) is 19.0 Å². The Morgan fingerprint density at radius 1 is 0.778 bits per heavy atom. The molecule has 0 radical (unpaired) electrons. The number of rotatable bonds is 6. The normalized spacial score (nSPS) is 17.9. The van der Waals surface area contributed by atoms with Gasteiger partial charge in [-0.25, -0.2) is 0 Å². The summed E-state index contributed by atoms with van der Waals surface area (Å²) in [6, 6.07) is 31.0. The lowest BCUT2D eigenvalue weighted by molar-refractivity contribution is 0.0200. The molecular weight excluding hydrogens is 330 g/mol. The fraction of sp³-hybridized carbons (Fsp3) is 0.280. The molecule has 0 saturated carbocycles. The molecule has 0 spiro atoms. The molecule has 4 rings (SSSR count). The second-order valence-corrected chi connectivity index (χ2v) is 7.52. The Hall–Kier alpha value is -2.42. The van der Waals surface area contributed by atoms with Gasteiger partial charge in [-0.05, 0) is 36.1 Å².